The van der Waals surface area contributed by atoms with Crippen LogP contribution in [0.15, 0.2) is 51.8 Å². The number of carboxylic acids is 2. The fourth-order valence-corrected chi connectivity index (χ4v) is 6.10. The molecule has 1 saturated carbocycles. The number of halogens is 1. The van der Waals surface area contributed by atoms with Crippen molar-refractivity contribution in [3.8, 4) is 5.75 Å². The Morgan fingerprint density at radius 2 is 1.81 bits per heavy atom. The number of nitrogens with zero attached hydrogens (tertiary/aromatic N) is 1. The van der Waals surface area contributed by atoms with Crippen molar-refractivity contribution in [1.29, 1.82) is 0 Å². The van der Waals surface area contributed by atoms with Crippen molar-refractivity contribution in [2.24, 2.45) is 11.3 Å². The lowest BCUT2D eigenvalue weighted by atomic mass is 9.60. The molecule has 8 nitrogen and oxygen atoms in total. The fraction of sp³-hybridized carbons (Fsp3) is 0.333. The predicted octanol–water partition coefficient (Wildman–Crippen LogP) is 3.28. The highest BCUT2D eigenvalue weighted by molar-refractivity contribution is 9.10. The first kappa shape index (κ1) is 21.6. The van der Waals surface area contributed by atoms with Gasteiger partial charge in [-0.25, -0.2) is 8.42 Å². The summed E-state index contributed by atoms with van der Waals surface area (Å²) in [6.45, 7) is 1.76. The highest BCUT2D eigenvalue weighted by atomic mass is 79.9. The number of fused-ring (bicyclic) bond motifs is 1. The van der Waals surface area contributed by atoms with Crippen molar-refractivity contribution < 1.29 is 33.0 Å². The van der Waals surface area contributed by atoms with Crippen molar-refractivity contribution in [1.82, 2.24) is 0 Å². The van der Waals surface area contributed by atoms with Crippen LogP contribution < -0.4 is 9.04 Å². The average molecular weight is 510 g/mol. The van der Waals surface area contributed by atoms with Crippen LogP contribution in [0.5, 0.6) is 5.75 Å². The van der Waals surface area contributed by atoms with E-state index in [1.807, 2.05) is 0 Å². The van der Waals surface area contributed by atoms with Crippen molar-refractivity contribution in [3.05, 3.63) is 52.5 Å². The van der Waals surface area contributed by atoms with Crippen LogP contribution in [-0.2, 0) is 19.6 Å². The van der Waals surface area contributed by atoms with Crippen LogP contribution in [-0.4, -0.2) is 43.2 Å². The van der Waals surface area contributed by atoms with Gasteiger partial charge in [-0.15, -0.1) is 0 Å². The molecule has 1 fully saturated rings. The molecule has 4 rings (SSSR count). The van der Waals surface area contributed by atoms with Gasteiger partial charge in [0.2, 0.25) is 0 Å². The molecule has 0 saturated heterocycles. The maximum Gasteiger partial charge on any atom is 0.321 e. The average Bonchev–Trinajstić information content (AvgIpc) is 2.66. The summed E-state index contributed by atoms with van der Waals surface area (Å²) in [6.07, 6.45) is -0.904. The second-order valence-electron chi connectivity index (χ2n) is 7.98. The van der Waals surface area contributed by atoms with E-state index in [4.69, 9.17) is 4.74 Å². The van der Waals surface area contributed by atoms with Gasteiger partial charge >= 0.3 is 11.9 Å². The van der Waals surface area contributed by atoms with Gasteiger partial charge in [-0.1, -0.05) is 28.1 Å². The minimum absolute atomic E-state index is 0.0420. The van der Waals surface area contributed by atoms with Crippen LogP contribution in [0, 0.1) is 18.3 Å². The molecule has 2 N–H and O–H groups in total. The Hall–Kier alpha value is -2.59. The SMILES string of the molecule is Cc1cccc(S(=O)(=O)N2C[C@H](C3CC(C(=O)O)(C(=O)O)C3)Oc3ccc(Br)cc32)c1. The molecule has 0 bridgehead atoms. The van der Waals surface area contributed by atoms with Gasteiger partial charge in [0.1, 0.15) is 11.9 Å². The van der Waals surface area contributed by atoms with Crippen molar-refractivity contribution >= 4 is 43.6 Å². The van der Waals surface area contributed by atoms with Gasteiger partial charge in [-0.05, 0) is 55.7 Å². The normalized spacial score (nSPS) is 20.3. The summed E-state index contributed by atoms with van der Waals surface area (Å²) in [5, 5.41) is 18.8. The topological polar surface area (TPSA) is 121 Å². The number of hydrogen-bond donors (Lipinski definition) is 2. The number of benzene rings is 2. The van der Waals surface area contributed by atoms with Crippen molar-refractivity contribution in [2.45, 2.75) is 30.8 Å². The molecule has 2 aromatic rings. The fourth-order valence-electron chi connectivity index (χ4n) is 4.16. The maximum atomic E-state index is 13.5. The van der Waals surface area contributed by atoms with Crippen LogP contribution in [0.25, 0.3) is 0 Å². The number of rotatable bonds is 5. The molecule has 0 amide bonds. The number of carboxylic acid groups (broad SMARTS) is 2. The Bertz CT molecular complexity index is 1160. The standard InChI is InChI=1S/C21H20BrNO7S/c1-12-3-2-4-15(7-12)31(28,29)23-11-18(30-17-6-5-14(22)8-16(17)23)13-9-21(10-13,19(24)25)20(26)27/h2-8,13,18H,9-11H2,1H3,(H,24,25)(H,26,27)/t18-/m1/s1. The monoisotopic (exact) mass is 509 g/mol. The largest absolute Gasteiger partial charge is 0.486 e. The van der Waals surface area contributed by atoms with Gasteiger partial charge in [0.25, 0.3) is 10.0 Å². The lowest BCUT2D eigenvalue weighted by molar-refractivity contribution is -0.178. The quantitative estimate of drug-likeness (QED) is 0.593. The van der Waals surface area contributed by atoms with E-state index in [2.05, 4.69) is 15.9 Å². The Kier molecular flexibility index (Phi) is 5.25. The molecule has 10 heteroatoms. The van der Waals surface area contributed by atoms with Crippen LogP contribution >= 0.6 is 15.9 Å². The zero-order valence-electron chi connectivity index (χ0n) is 16.5. The zero-order chi connectivity index (χ0) is 22.6. The van der Waals surface area contributed by atoms with Crippen LogP contribution in [0.3, 0.4) is 0 Å². The molecule has 31 heavy (non-hydrogen) atoms. The first-order valence-electron chi connectivity index (χ1n) is 9.57. The number of sulfonamides is 1. The van der Waals surface area contributed by atoms with Crippen LogP contribution in [0.4, 0.5) is 5.69 Å². The number of aryl methyl sites for hydroxylation is 1. The number of aliphatic carboxylic acids is 2. The molecule has 1 aliphatic heterocycles. The van der Waals surface area contributed by atoms with E-state index < -0.39 is 39.4 Å². The van der Waals surface area contributed by atoms with Gasteiger partial charge in [-0.2, -0.15) is 0 Å². The highest BCUT2D eigenvalue weighted by Gasteiger charge is 2.59. The lowest BCUT2D eigenvalue weighted by Crippen LogP contribution is -2.57. The van der Waals surface area contributed by atoms with E-state index in [1.165, 1.54) is 10.4 Å². The Morgan fingerprint density at radius 1 is 1.13 bits per heavy atom. The van der Waals surface area contributed by atoms with Gasteiger partial charge in [0, 0.05) is 10.4 Å². The van der Waals surface area contributed by atoms with Gasteiger partial charge in [-0.3, -0.25) is 13.9 Å². The molecular formula is C21H20BrNO7S. The zero-order valence-corrected chi connectivity index (χ0v) is 18.9. The van der Waals surface area contributed by atoms with Gasteiger partial charge in [0.05, 0.1) is 17.1 Å². The lowest BCUT2D eigenvalue weighted by Gasteiger charge is -2.47. The molecular weight excluding hydrogens is 490 g/mol. The first-order chi connectivity index (χ1) is 14.5. The molecule has 0 spiro atoms. The molecule has 0 unspecified atom stereocenters. The summed E-state index contributed by atoms with van der Waals surface area (Å²) in [4.78, 5) is 23.2. The first-order valence-corrected chi connectivity index (χ1v) is 11.8. The minimum atomic E-state index is -3.93. The van der Waals surface area contributed by atoms with Crippen molar-refractivity contribution in [2.75, 3.05) is 10.8 Å². The van der Waals surface area contributed by atoms with E-state index in [0.717, 1.165) is 5.56 Å². The van der Waals surface area contributed by atoms with Gasteiger partial charge < -0.3 is 14.9 Å². The number of carbonyl (C=O) groups is 2. The number of ether oxygens (including phenoxy) is 1. The summed E-state index contributed by atoms with van der Waals surface area (Å²) >= 11 is 3.36. The summed E-state index contributed by atoms with van der Waals surface area (Å²) in [5.74, 6) is -2.83. The third-order valence-corrected chi connectivity index (χ3v) is 8.23. The van der Waals surface area contributed by atoms with E-state index in [9.17, 15) is 28.2 Å². The molecule has 1 atom stereocenters. The Morgan fingerprint density at radius 3 is 2.42 bits per heavy atom. The van der Waals surface area contributed by atoms with Crippen LogP contribution in [0.1, 0.15) is 18.4 Å². The molecule has 0 radical (unpaired) electrons. The summed E-state index contributed by atoms with van der Waals surface area (Å²) in [5.41, 5.74) is -0.685. The van der Waals surface area contributed by atoms with E-state index in [1.54, 1.807) is 43.3 Å². The van der Waals surface area contributed by atoms with E-state index in [-0.39, 0.29) is 24.3 Å². The van der Waals surface area contributed by atoms with E-state index in [0.29, 0.717) is 15.9 Å². The summed E-state index contributed by atoms with van der Waals surface area (Å²) in [6, 6.07) is 11.6. The molecule has 1 heterocycles. The molecule has 2 aliphatic rings. The predicted molar refractivity (Wildman–Crippen MR) is 115 cm³/mol. The Balaban J connectivity index is 1.70. The number of hydrogen-bond acceptors (Lipinski definition) is 5. The third-order valence-electron chi connectivity index (χ3n) is 5.96. The second-order valence-corrected chi connectivity index (χ2v) is 10.8. The Labute approximate surface area is 187 Å². The molecule has 0 aromatic heterocycles. The van der Waals surface area contributed by atoms with Gasteiger partial charge in [0.15, 0.2) is 5.41 Å². The minimum Gasteiger partial charge on any atom is -0.486 e. The summed E-state index contributed by atoms with van der Waals surface area (Å²) in [7, 11) is -3.93. The highest BCUT2D eigenvalue weighted by Crippen LogP contribution is 2.51. The second kappa shape index (κ2) is 7.52. The maximum absolute atomic E-state index is 13.5. The molecule has 2 aromatic carbocycles. The third kappa shape index (κ3) is 3.57. The molecule has 1 aliphatic carbocycles. The number of anilines is 1. The molecule has 164 valence electrons. The summed E-state index contributed by atoms with van der Waals surface area (Å²) < 4.78 is 35.0. The van der Waals surface area contributed by atoms with Crippen LogP contribution in [0.2, 0.25) is 0 Å². The van der Waals surface area contributed by atoms with Crippen molar-refractivity contribution in [3.63, 3.8) is 0 Å². The van der Waals surface area contributed by atoms with E-state index >= 15 is 0 Å². The smallest absolute Gasteiger partial charge is 0.321 e.